The Bertz CT molecular complexity index is 391. The third kappa shape index (κ3) is 3.35. The average molecular weight is 227 g/mol. The van der Waals surface area contributed by atoms with Crippen LogP contribution in [0.15, 0.2) is 34.3 Å². The summed E-state index contributed by atoms with van der Waals surface area (Å²) in [6.45, 7) is 0. The van der Waals surface area contributed by atoms with Crippen molar-refractivity contribution in [3.05, 3.63) is 34.4 Å². The van der Waals surface area contributed by atoms with Gasteiger partial charge in [0.25, 0.3) is 5.69 Å². The number of nitro groups is 1. The number of rotatable bonds is 4. The van der Waals surface area contributed by atoms with E-state index in [2.05, 4.69) is 9.93 Å². The third-order valence-corrected chi connectivity index (χ3v) is 2.14. The van der Waals surface area contributed by atoms with Crippen LogP contribution in [0.4, 0.5) is 5.69 Å². The molecular weight excluding hydrogens is 218 g/mol. The third-order valence-electron chi connectivity index (χ3n) is 1.39. The average Bonchev–Trinajstić information content (AvgIpc) is 2.17. The number of nitrogens with one attached hydrogen (secondary N) is 1. The molecule has 0 heterocycles. The molecule has 1 aromatic carbocycles. The Morgan fingerprint density at radius 2 is 2.13 bits per heavy atom. The van der Waals surface area contributed by atoms with E-state index in [9.17, 15) is 10.1 Å². The van der Waals surface area contributed by atoms with Crippen molar-refractivity contribution in [2.24, 2.45) is 16.6 Å². The fraction of sp³-hybridized carbons (Fsp3) is 0. The van der Waals surface area contributed by atoms with Crippen molar-refractivity contribution in [1.82, 2.24) is 4.83 Å². The van der Waals surface area contributed by atoms with E-state index in [1.54, 1.807) is 18.2 Å². The molecule has 5 N–H and O–H groups in total. The molecular formula is C7H9N5O2S. The molecule has 1 aromatic rings. The monoisotopic (exact) mass is 227 g/mol. The van der Waals surface area contributed by atoms with E-state index < -0.39 is 4.92 Å². The van der Waals surface area contributed by atoms with E-state index in [1.165, 1.54) is 6.07 Å². The number of hydrogen-bond donors (Lipinski definition) is 3. The Labute approximate surface area is 89.8 Å². The maximum atomic E-state index is 10.6. The molecule has 80 valence electrons. The van der Waals surface area contributed by atoms with E-state index in [-0.39, 0.29) is 11.6 Å². The van der Waals surface area contributed by atoms with Gasteiger partial charge in [0.1, 0.15) is 4.90 Å². The summed E-state index contributed by atoms with van der Waals surface area (Å²) in [4.78, 5) is 13.0. The van der Waals surface area contributed by atoms with Crippen molar-refractivity contribution in [2.45, 2.75) is 4.90 Å². The molecule has 0 aromatic heterocycles. The van der Waals surface area contributed by atoms with Crippen LogP contribution in [0.2, 0.25) is 0 Å². The molecule has 0 aliphatic carbocycles. The Kier molecular flexibility index (Phi) is 3.75. The van der Waals surface area contributed by atoms with Crippen molar-refractivity contribution in [3.8, 4) is 0 Å². The van der Waals surface area contributed by atoms with Gasteiger partial charge in [0.15, 0.2) is 0 Å². The maximum absolute atomic E-state index is 10.6. The van der Waals surface area contributed by atoms with Crippen LogP contribution in [0.25, 0.3) is 0 Å². The van der Waals surface area contributed by atoms with Crippen molar-refractivity contribution >= 4 is 23.6 Å². The van der Waals surface area contributed by atoms with Gasteiger partial charge in [-0.3, -0.25) is 10.1 Å². The molecule has 0 aliphatic rings. The van der Waals surface area contributed by atoms with Crippen LogP contribution in [-0.2, 0) is 0 Å². The summed E-state index contributed by atoms with van der Waals surface area (Å²) >= 11 is 0.965. The summed E-state index contributed by atoms with van der Waals surface area (Å²) < 4.78 is 0. The number of nitrogens with two attached hydrogens (primary N) is 2. The molecule has 0 atom stereocenters. The topological polar surface area (TPSA) is 120 Å². The standard InChI is InChI=1S/C7H9N5O2S/c8-7(9)10-11-15-6-4-2-1-3-5(6)12(13)14/h1-4,11H,(H4,8,9,10). The molecule has 8 heteroatoms. The lowest BCUT2D eigenvalue weighted by molar-refractivity contribution is -0.387. The Morgan fingerprint density at radius 3 is 2.73 bits per heavy atom. The molecule has 0 saturated carbocycles. The molecule has 7 nitrogen and oxygen atoms in total. The van der Waals surface area contributed by atoms with Crippen LogP contribution in [-0.4, -0.2) is 10.9 Å². The van der Waals surface area contributed by atoms with Gasteiger partial charge in [-0.05, 0) is 6.07 Å². The van der Waals surface area contributed by atoms with Crippen LogP contribution < -0.4 is 16.3 Å². The second-order valence-corrected chi connectivity index (χ2v) is 3.28. The largest absolute Gasteiger partial charge is 0.369 e. The lowest BCUT2D eigenvalue weighted by atomic mass is 10.3. The lowest BCUT2D eigenvalue weighted by Gasteiger charge is -2.00. The maximum Gasteiger partial charge on any atom is 0.284 e. The number of hydrazone groups is 1. The molecule has 0 spiro atoms. The summed E-state index contributed by atoms with van der Waals surface area (Å²) in [5.41, 5.74) is 10.1. The Hall–Kier alpha value is -1.96. The fourth-order valence-corrected chi connectivity index (χ4v) is 1.46. The first-order valence-corrected chi connectivity index (χ1v) is 4.67. The fourth-order valence-electron chi connectivity index (χ4n) is 0.819. The predicted octanol–water partition coefficient (Wildman–Crippen LogP) is 0.380. The van der Waals surface area contributed by atoms with Gasteiger partial charge in [-0.1, -0.05) is 12.1 Å². The highest BCUT2D eigenvalue weighted by molar-refractivity contribution is 7.97. The first kappa shape index (κ1) is 11.1. The van der Waals surface area contributed by atoms with Gasteiger partial charge in [-0.15, -0.1) is 5.10 Å². The molecule has 0 bridgehead atoms. The summed E-state index contributed by atoms with van der Waals surface area (Å²) in [7, 11) is 0. The van der Waals surface area contributed by atoms with Crippen molar-refractivity contribution in [1.29, 1.82) is 0 Å². The van der Waals surface area contributed by atoms with Gasteiger partial charge in [-0.25, -0.2) is 4.83 Å². The highest BCUT2D eigenvalue weighted by Crippen LogP contribution is 2.26. The van der Waals surface area contributed by atoms with Crippen LogP contribution in [0.3, 0.4) is 0 Å². The van der Waals surface area contributed by atoms with Gasteiger partial charge in [0.2, 0.25) is 5.96 Å². The van der Waals surface area contributed by atoms with Crippen molar-refractivity contribution < 1.29 is 4.92 Å². The minimum atomic E-state index is -0.473. The quantitative estimate of drug-likeness (QED) is 0.225. The molecule has 0 amide bonds. The Balaban J connectivity index is 2.76. The van der Waals surface area contributed by atoms with Crippen LogP contribution in [0.1, 0.15) is 0 Å². The molecule has 0 aliphatic heterocycles. The van der Waals surface area contributed by atoms with Gasteiger partial charge in [-0.2, -0.15) is 0 Å². The highest BCUT2D eigenvalue weighted by Gasteiger charge is 2.12. The lowest BCUT2D eigenvalue weighted by Crippen LogP contribution is -2.24. The minimum Gasteiger partial charge on any atom is -0.369 e. The first-order valence-electron chi connectivity index (χ1n) is 3.85. The predicted molar refractivity (Wildman–Crippen MR) is 57.9 cm³/mol. The zero-order valence-electron chi connectivity index (χ0n) is 7.58. The van der Waals surface area contributed by atoms with Gasteiger partial charge >= 0.3 is 0 Å². The summed E-state index contributed by atoms with van der Waals surface area (Å²) in [6.07, 6.45) is 0. The van der Waals surface area contributed by atoms with Crippen LogP contribution in [0, 0.1) is 10.1 Å². The second kappa shape index (κ2) is 5.05. The van der Waals surface area contributed by atoms with Gasteiger partial charge in [0, 0.05) is 18.0 Å². The molecule has 1 rings (SSSR count). The number of guanidine groups is 1. The van der Waals surface area contributed by atoms with Gasteiger partial charge in [0.05, 0.1) is 4.92 Å². The SMILES string of the molecule is NC(N)=NNSc1ccccc1[N+](=O)[O-]. The second-order valence-electron chi connectivity index (χ2n) is 2.45. The first-order chi connectivity index (χ1) is 7.11. The van der Waals surface area contributed by atoms with E-state index in [0.29, 0.717) is 4.90 Å². The molecule has 0 radical (unpaired) electrons. The normalized spacial score (nSPS) is 9.33. The van der Waals surface area contributed by atoms with Crippen molar-refractivity contribution in [2.75, 3.05) is 0 Å². The number of nitro benzene ring substituents is 1. The minimum absolute atomic E-state index is 0.000734. The van der Waals surface area contributed by atoms with Crippen LogP contribution >= 0.6 is 11.9 Å². The summed E-state index contributed by atoms with van der Waals surface area (Å²) in [6, 6.07) is 6.27. The molecule has 0 unspecified atom stereocenters. The number of hydrogen-bond acceptors (Lipinski definition) is 5. The van der Waals surface area contributed by atoms with Crippen molar-refractivity contribution in [3.63, 3.8) is 0 Å². The van der Waals surface area contributed by atoms with E-state index in [0.717, 1.165) is 11.9 Å². The Morgan fingerprint density at radius 1 is 1.47 bits per heavy atom. The number of nitrogens with zero attached hydrogens (tertiary/aromatic N) is 2. The van der Waals surface area contributed by atoms with Gasteiger partial charge < -0.3 is 11.5 Å². The summed E-state index contributed by atoms with van der Waals surface area (Å²) in [5.74, 6) is -0.138. The van der Waals surface area contributed by atoms with E-state index >= 15 is 0 Å². The zero-order chi connectivity index (χ0) is 11.3. The zero-order valence-corrected chi connectivity index (χ0v) is 8.40. The molecule has 0 saturated heterocycles. The number of benzene rings is 1. The highest BCUT2D eigenvalue weighted by atomic mass is 32.2. The molecule has 15 heavy (non-hydrogen) atoms. The molecule has 0 fully saturated rings. The number of para-hydroxylation sites is 1. The van der Waals surface area contributed by atoms with E-state index in [4.69, 9.17) is 11.5 Å². The van der Waals surface area contributed by atoms with Crippen LogP contribution in [0.5, 0.6) is 0 Å². The summed E-state index contributed by atoms with van der Waals surface area (Å²) in [5, 5.41) is 14.1. The van der Waals surface area contributed by atoms with E-state index in [1.807, 2.05) is 0 Å². The smallest absolute Gasteiger partial charge is 0.284 e.